The van der Waals surface area contributed by atoms with Crippen LogP contribution in [0.5, 0.6) is 11.5 Å². The molecule has 1 amide bonds. The predicted molar refractivity (Wildman–Crippen MR) is 99.0 cm³/mol. The van der Waals surface area contributed by atoms with Gasteiger partial charge in [0.2, 0.25) is 0 Å². The molecule has 0 bridgehead atoms. The van der Waals surface area contributed by atoms with Crippen LogP contribution in [0.25, 0.3) is 0 Å². The number of para-hydroxylation sites is 2. The number of amides is 1. The van der Waals surface area contributed by atoms with Gasteiger partial charge in [-0.1, -0.05) is 12.1 Å². The fraction of sp³-hybridized carbons (Fsp3) is 0.368. The molecule has 2 heterocycles. The van der Waals surface area contributed by atoms with Gasteiger partial charge in [0.25, 0.3) is 5.91 Å². The topological polar surface area (TPSA) is 72.9 Å². The maximum absolute atomic E-state index is 12.1. The lowest BCUT2D eigenvalue weighted by Gasteiger charge is -2.27. The summed E-state index contributed by atoms with van der Waals surface area (Å²) in [5, 5.41) is 2.78. The second-order valence-electron chi connectivity index (χ2n) is 5.72. The average Bonchev–Trinajstić information content (AvgIpc) is 2.69. The number of carbonyl (C=O) groups excluding carboxylic acids is 1. The first-order valence-electron chi connectivity index (χ1n) is 8.69. The van der Waals surface area contributed by atoms with Gasteiger partial charge in [0.05, 0.1) is 31.7 Å². The molecule has 1 aliphatic heterocycles. The van der Waals surface area contributed by atoms with Crippen molar-refractivity contribution in [2.24, 2.45) is 0 Å². The minimum atomic E-state index is -0.253. The Labute approximate surface area is 152 Å². The molecular formula is C19H23N3O4. The van der Waals surface area contributed by atoms with Crippen molar-refractivity contribution in [3.63, 3.8) is 0 Å². The Kier molecular flexibility index (Phi) is 6.27. The lowest BCUT2D eigenvalue weighted by atomic mass is 10.3. The Morgan fingerprint density at radius 1 is 1.15 bits per heavy atom. The summed E-state index contributed by atoms with van der Waals surface area (Å²) in [5.74, 6) is 1.80. The van der Waals surface area contributed by atoms with Crippen LogP contribution in [0.3, 0.4) is 0 Å². The Morgan fingerprint density at radius 3 is 2.54 bits per heavy atom. The van der Waals surface area contributed by atoms with Crippen LogP contribution >= 0.6 is 0 Å². The number of nitrogens with zero attached hydrogens (tertiary/aromatic N) is 2. The van der Waals surface area contributed by atoms with Crippen LogP contribution in [0.4, 0.5) is 11.5 Å². The number of hydrogen-bond donors (Lipinski definition) is 1. The summed E-state index contributed by atoms with van der Waals surface area (Å²) >= 11 is 0. The van der Waals surface area contributed by atoms with Crippen LogP contribution in [0.2, 0.25) is 0 Å². The minimum absolute atomic E-state index is 0.102. The van der Waals surface area contributed by atoms with E-state index in [2.05, 4.69) is 15.2 Å². The van der Waals surface area contributed by atoms with Crippen molar-refractivity contribution in [1.29, 1.82) is 0 Å². The van der Waals surface area contributed by atoms with Crippen LogP contribution in [-0.4, -0.2) is 50.4 Å². The molecule has 0 spiro atoms. The zero-order valence-corrected chi connectivity index (χ0v) is 14.8. The second kappa shape index (κ2) is 9.05. The molecule has 7 heteroatoms. The van der Waals surface area contributed by atoms with E-state index in [1.54, 1.807) is 12.3 Å². The normalized spacial score (nSPS) is 14.0. The molecule has 1 aliphatic rings. The molecule has 1 aromatic carbocycles. The molecule has 1 aromatic heterocycles. The third kappa shape index (κ3) is 4.86. The van der Waals surface area contributed by atoms with Gasteiger partial charge >= 0.3 is 0 Å². The number of hydrogen-bond acceptors (Lipinski definition) is 6. The van der Waals surface area contributed by atoms with Gasteiger partial charge in [-0.2, -0.15) is 0 Å². The molecule has 0 radical (unpaired) electrons. The van der Waals surface area contributed by atoms with Crippen molar-refractivity contribution in [2.45, 2.75) is 6.92 Å². The SMILES string of the molecule is CCOc1ccccc1OCC(=O)Nc1ccc(N2CCOCC2)nc1. The van der Waals surface area contributed by atoms with Gasteiger partial charge in [0.15, 0.2) is 18.1 Å². The van der Waals surface area contributed by atoms with Crippen molar-refractivity contribution in [3.05, 3.63) is 42.6 Å². The molecule has 0 unspecified atom stereocenters. The molecule has 1 fully saturated rings. The van der Waals surface area contributed by atoms with Crippen molar-refractivity contribution in [1.82, 2.24) is 4.98 Å². The van der Waals surface area contributed by atoms with Gasteiger partial charge in [-0.15, -0.1) is 0 Å². The fourth-order valence-electron chi connectivity index (χ4n) is 2.62. The standard InChI is InChI=1S/C19H23N3O4/c1-2-25-16-5-3-4-6-17(16)26-14-19(23)21-15-7-8-18(20-13-15)22-9-11-24-12-10-22/h3-8,13H,2,9-12,14H2,1H3,(H,21,23). The van der Waals surface area contributed by atoms with Crippen LogP contribution < -0.4 is 19.7 Å². The summed E-state index contributed by atoms with van der Waals surface area (Å²) < 4.78 is 16.4. The predicted octanol–water partition coefficient (Wildman–Crippen LogP) is 2.33. The molecule has 26 heavy (non-hydrogen) atoms. The van der Waals surface area contributed by atoms with Crippen LogP contribution in [0, 0.1) is 0 Å². The third-order valence-corrected chi connectivity index (χ3v) is 3.87. The monoisotopic (exact) mass is 357 g/mol. The minimum Gasteiger partial charge on any atom is -0.490 e. The number of aromatic nitrogens is 1. The summed E-state index contributed by atoms with van der Waals surface area (Å²) in [6.07, 6.45) is 1.65. The highest BCUT2D eigenvalue weighted by molar-refractivity contribution is 5.91. The summed E-state index contributed by atoms with van der Waals surface area (Å²) in [4.78, 5) is 18.7. The quantitative estimate of drug-likeness (QED) is 0.820. The van der Waals surface area contributed by atoms with Crippen molar-refractivity contribution in [2.75, 3.05) is 49.7 Å². The van der Waals surface area contributed by atoms with Gasteiger partial charge < -0.3 is 24.4 Å². The van der Waals surface area contributed by atoms with Gasteiger partial charge in [-0.3, -0.25) is 4.79 Å². The number of rotatable bonds is 7. The highest BCUT2D eigenvalue weighted by Crippen LogP contribution is 2.26. The molecule has 0 saturated carbocycles. The summed E-state index contributed by atoms with van der Waals surface area (Å²) in [5.41, 5.74) is 0.633. The molecule has 1 saturated heterocycles. The number of benzene rings is 1. The largest absolute Gasteiger partial charge is 0.490 e. The van der Waals surface area contributed by atoms with Gasteiger partial charge in [0.1, 0.15) is 5.82 Å². The van der Waals surface area contributed by atoms with Gasteiger partial charge in [-0.25, -0.2) is 4.98 Å². The number of morpholine rings is 1. The van der Waals surface area contributed by atoms with E-state index in [-0.39, 0.29) is 12.5 Å². The molecular weight excluding hydrogens is 334 g/mol. The molecule has 138 valence electrons. The van der Waals surface area contributed by atoms with E-state index in [0.29, 0.717) is 37.0 Å². The fourth-order valence-corrected chi connectivity index (χ4v) is 2.62. The molecule has 0 atom stereocenters. The molecule has 7 nitrogen and oxygen atoms in total. The zero-order chi connectivity index (χ0) is 18.2. The highest BCUT2D eigenvalue weighted by Gasteiger charge is 2.13. The summed E-state index contributed by atoms with van der Waals surface area (Å²) in [6.45, 7) is 5.40. The average molecular weight is 357 g/mol. The highest BCUT2D eigenvalue weighted by atomic mass is 16.5. The molecule has 3 rings (SSSR count). The van der Waals surface area contributed by atoms with Crippen LogP contribution in [-0.2, 0) is 9.53 Å². The number of nitrogens with one attached hydrogen (secondary N) is 1. The van der Waals surface area contributed by atoms with Crippen molar-refractivity contribution in [3.8, 4) is 11.5 Å². The van der Waals surface area contributed by atoms with Gasteiger partial charge in [0, 0.05) is 13.1 Å². The molecule has 0 aliphatic carbocycles. The van der Waals surface area contributed by atoms with Crippen LogP contribution in [0.15, 0.2) is 42.6 Å². The number of carbonyl (C=O) groups is 1. The Balaban J connectivity index is 1.52. The van der Waals surface area contributed by atoms with Crippen molar-refractivity contribution >= 4 is 17.4 Å². The van der Waals surface area contributed by atoms with Crippen LogP contribution in [0.1, 0.15) is 6.92 Å². The first kappa shape index (κ1) is 18.0. The Morgan fingerprint density at radius 2 is 1.88 bits per heavy atom. The number of pyridine rings is 1. The zero-order valence-electron chi connectivity index (χ0n) is 14.8. The summed E-state index contributed by atoms with van der Waals surface area (Å²) in [7, 11) is 0. The number of anilines is 2. The van der Waals surface area contributed by atoms with E-state index in [0.717, 1.165) is 18.9 Å². The summed E-state index contributed by atoms with van der Waals surface area (Å²) in [6, 6.07) is 11.0. The second-order valence-corrected chi connectivity index (χ2v) is 5.72. The smallest absolute Gasteiger partial charge is 0.262 e. The van der Waals surface area contributed by atoms with E-state index in [1.165, 1.54) is 0 Å². The Hall–Kier alpha value is -2.80. The first-order chi connectivity index (χ1) is 12.8. The van der Waals surface area contributed by atoms with E-state index < -0.39 is 0 Å². The lowest BCUT2D eigenvalue weighted by Crippen LogP contribution is -2.36. The van der Waals surface area contributed by atoms with Gasteiger partial charge in [-0.05, 0) is 31.2 Å². The van der Waals surface area contributed by atoms with E-state index >= 15 is 0 Å². The van der Waals surface area contributed by atoms with E-state index in [4.69, 9.17) is 14.2 Å². The van der Waals surface area contributed by atoms with E-state index in [9.17, 15) is 4.79 Å². The Bertz CT molecular complexity index is 715. The number of ether oxygens (including phenoxy) is 3. The first-order valence-corrected chi connectivity index (χ1v) is 8.69. The maximum Gasteiger partial charge on any atom is 0.262 e. The molecule has 2 aromatic rings. The van der Waals surface area contributed by atoms with Crippen molar-refractivity contribution < 1.29 is 19.0 Å². The van der Waals surface area contributed by atoms with E-state index in [1.807, 2.05) is 37.3 Å². The maximum atomic E-state index is 12.1. The third-order valence-electron chi connectivity index (χ3n) is 3.87. The molecule has 1 N–H and O–H groups in total. The lowest BCUT2D eigenvalue weighted by molar-refractivity contribution is -0.118.